The standard InChI is InChI=1S/C20H18N.C19H16N.C18H14N.3C12H10N.3Ir/c1-15(2)16-8-10-17(11-9-16)19-12-13-20(21-14-19)18-6-4-3-5-7-18;1-2-15-8-10-16(11-9-15)18-12-13-19(20-14-18)17-6-4-3-5-7-17;1-14-7-9-15(10-8-14)17-11-12-18(19-13-17)16-5-3-2-4-6-16;3*1-10-7-8-12(13-9-10)11-5-3-2-4-6-11;;;/h3-6,8-15H,1-2H3;3-6,8-14H,2H2,1H3;2-5,7-13H,1H3;3*2-5,7-9H,1H3;;;/q6*-1;;;/i15D;2D2;4*1D3;;;. The van der Waals surface area contributed by atoms with Gasteiger partial charge in [-0.1, -0.05) is 172 Å². The van der Waals surface area contributed by atoms with Crippen molar-refractivity contribution in [1.82, 2.24) is 29.9 Å². The average molecular weight is 1870 g/mol. The number of pyridine rings is 6. The molecule has 0 unspecified atom stereocenters. The van der Waals surface area contributed by atoms with Crippen LogP contribution in [0.4, 0.5) is 0 Å². The zero-order chi connectivity index (χ0) is 81.5. The molecule has 513 valence electrons. The van der Waals surface area contributed by atoms with Gasteiger partial charge in [-0.2, -0.15) is 0 Å². The van der Waals surface area contributed by atoms with E-state index < -0.39 is 39.7 Å². The third-order valence-corrected chi connectivity index (χ3v) is 15.0. The summed E-state index contributed by atoms with van der Waals surface area (Å²) in [7, 11) is 0. The van der Waals surface area contributed by atoms with E-state index in [2.05, 4.69) is 84.5 Å². The van der Waals surface area contributed by atoms with Crippen molar-refractivity contribution in [2.45, 2.75) is 60.4 Å². The predicted octanol–water partition coefficient (Wildman–Crippen LogP) is 23.2. The molecular weight excluding hydrogens is 1780 g/mol. The zero-order valence-electron chi connectivity index (χ0n) is 70.9. The van der Waals surface area contributed by atoms with Crippen molar-refractivity contribution < 1.29 is 80.9 Å². The van der Waals surface area contributed by atoms with E-state index in [-0.39, 0.29) is 77.0 Å². The van der Waals surface area contributed by atoms with E-state index >= 15 is 0 Å². The minimum absolute atomic E-state index is 0. The molecule has 6 nitrogen and oxygen atoms in total. The molecule has 9 aromatic carbocycles. The second-order valence-electron chi connectivity index (χ2n) is 22.2. The third kappa shape index (κ3) is 24.6. The van der Waals surface area contributed by atoms with Crippen molar-refractivity contribution in [2.24, 2.45) is 0 Å². The van der Waals surface area contributed by atoms with E-state index in [1.165, 1.54) is 18.6 Å². The number of hydrogen-bond donors (Lipinski definition) is 0. The summed E-state index contributed by atoms with van der Waals surface area (Å²) in [4.78, 5) is 25.8. The van der Waals surface area contributed by atoms with E-state index in [0.717, 1.165) is 106 Å². The van der Waals surface area contributed by atoms with Crippen LogP contribution < -0.4 is 0 Å². The molecule has 0 amide bonds. The Morgan fingerprint density at radius 2 is 0.520 bits per heavy atom. The summed E-state index contributed by atoms with van der Waals surface area (Å²) in [6.07, 6.45) is 8.38. The van der Waals surface area contributed by atoms with Crippen LogP contribution in [0.1, 0.15) is 80.6 Å². The fraction of sp³-hybridized carbons (Fsp3) is 0.0968. The van der Waals surface area contributed by atoms with E-state index in [9.17, 15) is 0 Å². The number of benzene rings is 9. The summed E-state index contributed by atoms with van der Waals surface area (Å²) in [5.41, 5.74) is 19.3. The summed E-state index contributed by atoms with van der Waals surface area (Å²) >= 11 is 0. The first-order valence-corrected chi connectivity index (χ1v) is 31.8. The van der Waals surface area contributed by atoms with Gasteiger partial charge in [0, 0.05) is 118 Å². The number of nitrogens with zero attached hydrogens (tertiary/aromatic N) is 6. The first kappa shape index (κ1) is 59.5. The Balaban J connectivity index is 0.000000194. The maximum atomic E-state index is 8.06. The first-order chi connectivity index (χ1) is 54.3. The molecule has 0 bridgehead atoms. The van der Waals surface area contributed by atoms with Crippen LogP contribution >= 0.6 is 0 Å². The fourth-order valence-electron chi connectivity index (χ4n) is 9.64. The molecule has 0 saturated heterocycles. The van der Waals surface area contributed by atoms with Gasteiger partial charge in [0.25, 0.3) is 0 Å². The summed E-state index contributed by atoms with van der Waals surface area (Å²) in [6, 6.07) is 109. The zero-order valence-corrected chi connectivity index (χ0v) is 63.0. The maximum absolute atomic E-state index is 8.06. The SMILES string of the molecule is [2H]C(C)(C)c1ccc(-c2ccc(-c3[c-]cccc3)nc2)cc1.[2H]C([2H])(C)c1ccc(-c2ccc(-c3[c-]cccc3)nc2)cc1.[2H]C([2H])([2H])c1ccc(-c2[c-]cccc2)nc1.[2H]C([2H])([2H])c1ccc(-c2[c-]cccc2)nc1.[2H]C([2H])([2H])c1ccc(-c2[c-]cccc2)nc1.[2H]C([2H])([2H])c1ccc(-c2ccc(-c3[c-]cccc3)nc2)cc1.[Ir].[Ir].[Ir]. The molecule has 102 heavy (non-hydrogen) atoms. The van der Waals surface area contributed by atoms with E-state index in [4.69, 9.17) is 20.6 Å². The van der Waals surface area contributed by atoms with Crippen LogP contribution in [0, 0.1) is 63.8 Å². The van der Waals surface area contributed by atoms with Gasteiger partial charge in [0.15, 0.2) is 0 Å². The first-order valence-electron chi connectivity index (χ1n) is 39.3. The van der Waals surface area contributed by atoms with Crippen molar-refractivity contribution >= 4 is 0 Å². The number of aryl methyl sites for hydroxylation is 5. The molecule has 0 N–H and O–H groups in total. The van der Waals surface area contributed by atoms with Crippen molar-refractivity contribution in [3.8, 4) is 101 Å². The van der Waals surface area contributed by atoms with Gasteiger partial charge in [-0.05, 0) is 135 Å². The van der Waals surface area contributed by atoms with Crippen LogP contribution in [-0.2, 0) is 66.7 Å². The second-order valence-corrected chi connectivity index (χ2v) is 22.2. The van der Waals surface area contributed by atoms with Gasteiger partial charge in [-0.3, -0.25) is 0 Å². The minimum atomic E-state index is -2.09. The third-order valence-electron chi connectivity index (χ3n) is 15.0. The molecule has 0 atom stereocenters. The maximum Gasteiger partial charge on any atom is 0.0347 e. The average Bonchev–Trinajstić information content (AvgIpc) is 0.824. The topological polar surface area (TPSA) is 77.3 Å². The van der Waals surface area contributed by atoms with Gasteiger partial charge in [0.2, 0.25) is 0 Å². The normalized spacial score (nSPS) is 12.9. The van der Waals surface area contributed by atoms with Gasteiger partial charge >= 0.3 is 0 Å². The van der Waals surface area contributed by atoms with Crippen molar-refractivity contribution in [3.63, 3.8) is 0 Å². The number of aromatic nitrogens is 6. The molecule has 15 aromatic rings. The van der Waals surface area contributed by atoms with Gasteiger partial charge in [0.1, 0.15) is 0 Å². The molecule has 0 aliphatic carbocycles. The van der Waals surface area contributed by atoms with Crippen LogP contribution in [0.15, 0.2) is 328 Å². The molecule has 0 saturated carbocycles. The molecule has 6 aromatic heterocycles. The fourth-order valence-corrected chi connectivity index (χ4v) is 9.64. The predicted molar refractivity (Wildman–Crippen MR) is 410 cm³/mol. The molecule has 15 rings (SSSR count). The Morgan fingerprint density at radius 3 is 0.725 bits per heavy atom. The summed E-state index contributed by atoms with van der Waals surface area (Å²) in [6.45, 7) is -2.98. The van der Waals surface area contributed by atoms with E-state index in [1.807, 2.05) is 232 Å². The van der Waals surface area contributed by atoms with Crippen molar-refractivity contribution in [2.75, 3.05) is 0 Å². The number of hydrogen-bond acceptors (Lipinski definition) is 6. The molecule has 6 heterocycles. The molecular formula is C93H78Ir3N6-6. The van der Waals surface area contributed by atoms with E-state index in [1.54, 1.807) is 79.9 Å². The van der Waals surface area contributed by atoms with Gasteiger partial charge in [-0.15, -0.1) is 215 Å². The smallest absolute Gasteiger partial charge is 0.0347 e. The van der Waals surface area contributed by atoms with Crippen LogP contribution in [0.5, 0.6) is 0 Å². The second kappa shape index (κ2) is 42.2. The minimum Gasteiger partial charge on any atom is -0.304 e. The summed E-state index contributed by atoms with van der Waals surface area (Å²) in [5, 5.41) is 0. The van der Waals surface area contributed by atoms with Crippen LogP contribution in [0.2, 0.25) is 0 Å². The van der Waals surface area contributed by atoms with Gasteiger partial charge < -0.3 is 29.9 Å². The van der Waals surface area contributed by atoms with Crippen molar-refractivity contribution in [1.29, 1.82) is 0 Å². The summed E-state index contributed by atoms with van der Waals surface area (Å²) in [5.74, 6) is -0.566. The molecule has 0 spiro atoms. The number of rotatable bonds is 11. The van der Waals surface area contributed by atoms with Crippen LogP contribution in [0.25, 0.3) is 101 Å². The molecule has 3 radical (unpaired) electrons. The largest absolute Gasteiger partial charge is 0.304 e. The van der Waals surface area contributed by atoms with Crippen LogP contribution in [0.3, 0.4) is 0 Å². The quantitative estimate of drug-likeness (QED) is 0.120. The van der Waals surface area contributed by atoms with Crippen LogP contribution in [-0.4, -0.2) is 29.9 Å². The van der Waals surface area contributed by atoms with E-state index in [0.29, 0.717) is 11.1 Å². The molecule has 0 aliphatic heterocycles. The molecule has 0 fully saturated rings. The van der Waals surface area contributed by atoms with Crippen molar-refractivity contribution in [3.05, 3.63) is 398 Å². The summed E-state index contributed by atoms with van der Waals surface area (Å²) < 4.78 is 111. The molecule has 0 aliphatic rings. The Bertz CT molecular complexity index is 4840. The molecule has 9 heteroatoms. The Hall–Kier alpha value is -10.2. The van der Waals surface area contributed by atoms with Gasteiger partial charge in [0.05, 0.1) is 0 Å². The Labute approximate surface area is 665 Å². The van der Waals surface area contributed by atoms with Gasteiger partial charge in [-0.25, -0.2) is 0 Å². The Kier molecular flexibility index (Phi) is 24.6. The monoisotopic (exact) mass is 1870 g/mol. The Morgan fingerprint density at radius 1 is 0.284 bits per heavy atom.